The van der Waals surface area contributed by atoms with Crippen LogP contribution in [0.2, 0.25) is 5.02 Å². The van der Waals surface area contributed by atoms with Crippen LogP contribution in [-0.2, 0) is 18.4 Å². The molecule has 0 saturated heterocycles. The predicted octanol–water partition coefficient (Wildman–Crippen LogP) is 4.77. The summed E-state index contributed by atoms with van der Waals surface area (Å²) < 4.78 is 5.63. The Hall–Kier alpha value is -3.85. The van der Waals surface area contributed by atoms with E-state index in [1.165, 1.54) is 0 Å². The molecule has 3 aromatic heterocycles. The highest BCUT2D eigenvalue weighted by Gasteiger charge is 2.32. The smallest absolute Gasteiger partial charge is 0.334 e. The van der Waals surface area contributed by atoms with Gasteiger partial charge in [0.1, 0.15) is 5.82 Å². The summed E-state index contributed by atoms with van der Waals surface area (Å²) >= 11 is 6.60. The summed E-state index contributed by atoms with van der Waals surface area (Å²) in [4.78, 5) is 14.0. The average molecular weight is 519 g/mol. The van der Waals surface area contributed by atoms with E-state index in [1.54, 1.807) is 4.57 Å². The first-order valence-electron chi connectivity index (χ1n) is 12.6. The summed E-state index contributed by atoms with van der Waals surface area (Å²) in [5.74, 6) is 1.22. The highest BCUT2D eigenvalue weighted by Crippen LogP contribution is 2.34. The molecule has 1 aromatic carbocycles. The van der Waals surface area contributed by atoms with Crippen LogP contribution >= 0.6 is 11.6 Å². The summed E-state index contributed by atoms with van der Waals surface area (Å²) in [7, 11) is 0. The van der Waals surface area contributed by atoms with E-state index in [4.69, 9.17) is 11.6 Å². The fourth-order valence-electron chi connectivity index (χ4n) is 4.86. The lowest BCUT2D eigenvalue weighted by molar-refractivity contribution is 0.494. The van der Waals surface area contributed by atoms with Gasteiger partial charge in [-0.05, 0) is 62.0 Å². The SMILES string of the molecule is CCCCc1cn(-c2c(Cl)ccn2C(C)C)c(=O)n1CC1(c2cccc(-c3nn[nH]n3)c2)C=CNC=C1. The quantitative estimate of drug-likeness (QED) is 0.332. The van der Waals surface area contributed by atoms with Crippen molar-refractivity contribution >= 4 is 11.6 Å². The number of halogens is 1. The minimum atomic E-state index is -0.564. The maximum atomic E-state index is 14.0. The number of tetrazole rings is 1. The fourth-order valence-corrected chi connectivity index (χ4v) is 5.11. The zero-order valence-corrected chi connectivity index (χ0v) is 22.0. The Morgan fingerprint density at radius 2 is 1.97 bits per heavy atom. The van der Waals surface area contributed by atoms with Gasteiger partial charge in [0, 0.05) is 36.2 Å². The van der Waals surface area contributed by atoms with Gasteiger partial charge in [-0.1, -0.05) is 55.3 Å². The van der Waals surface area contributed by atoms with E-state index >= 15 is 0 Å². The highest BCUT2D eigenvalue weighted by atomic mass is 35.5. The number of imidazole rings is 1. The molecule has 1 aliphatic rings. The van der Waals surface area contributed by atoms with Gasteiger partial charge in [-0.15, -0.1) is 10.2 Å². The number of nitrogens with one attached hydrogen (secondary N) is 2. The van der Waals surface area contributed by atoms with Crippen LogP contribution in [0.3, 0.4) is 0 Å². The molecular formula is C27H31ClN8O. The fraction of sp³-hybridized carbons (Fsp3) is 0.333. The third-order valence-electron chi connectivity index (χ3n) is 6.85. The third-order valence-corrected chi connectivity index (χ3v) is 7.14. The van der Waals surface area contributed by atoms with Gasteiger partial charge >= 0.3 is 5.69 Å². The number of dihydropyridines is 1. The molecule has 37 heavy (non-hydrogen) atoms. The maximum absolute atomic E-state index is 14.0. The maximum Gasteiger partial charge on any atom is 0.334 e. The van der Waals surface area contributed by atoms with Gasteiger partial charge in [0.15, 0.2) is 0 Å². The van der Waals surface area contributed by atoms with Crippen molar-refractivity contribution in [3.05, 3.63) is 94.0 Å². The lowest BCUT2D eigenvalue weighted by atomic mass is 9.78. The first-order valence-corrected chi connectivity index (χ1v) is 12.9. The molecule has 192 valence electrons. The topological polar surface area (TPSA) is 98.4 Å². The molecule has 5 rings (SSSR count). The molecular weight excluding hydrogens is 488 g/mol. The zero-order chi connectivity index (χ0) is 26.0. The van der Waals surface area contributed by atoms with E-state index in [0.29, 0.717) is 23.2 Å². The van der Waals surface area contributed by atoms with Gasteiger partial charge in [0.25, 0.3) is 0 Å². The molecule has 0 radical (unpaired) electrons. The van der Waals surface area contributed by atoms with Crippen molar-refractivity contribution in [1.29, 1.82) is 0 Å². The molecule has 10 heteroatoms. The standard InChI is InChI=1S/C27H31ClN8O/c1-4-5-9-22-17-35(25-23(28)10-15-34(25)19(2)3)26(37)36(22)18-27(11-13-29-14-12-27)21-8-6-7-20(16-21)24-30-32-33-31-24/h6-8,10-17,19,29H,4-5,9,18H2,1-3H3,(H,30,31,32,33). The number of rotatable bonds is 9. The molecule has 0 unspecified atom stereocenters. The van der Waals surface area contributed by atoms with Crippen LogP contribution in [0.4, 0.5) is 0 Å². The van der Waals surface area contributed by atoms with Crippen molar-refractivity contribution in [1.82, 2.24) is 39.6 Å². The van der Waals surface area contributed by atoms with E-state index in [2.05, 4.69) is 71.0 Å². The Morgan fingerprint density at radius 3 is 2.68 bits per heavy atom. The van der Waals surface area contributed by atoms with Crippen LogP contribution < -0.4 is 11.0 Å². The van der Waals surface area contributed by atoms with Gasteiger partial charge in [0.05, 0.1) is 10.4 Å². The molecule has 4 heterocycles. The van der Waals surface area contributed by atoms with Crippen molar-refractivity contribution in [3.63, 3.8) is 0 Å². The number of unbranched alkanes of at least 4 members (excludes halogenated alkanes) is 1. The number of hydrogen-bond donors (Lipinski definition) is 2. The second-order valence-corrected chi connectivity index (χ2v) is 10.0. The third kappa shape index (κ3) is 4.67. The van der Waals surface area contributed by atoms with E-state index < -0.39 is 5.41 Å². The molecule has 0 saturated carbocycles. The number of hydrogen-bond acceptors (Lipinski definition) is 5. The molecule has 0 spiro atoms. The van der Waals surface area contributed by atoms with Crippen molar-refractivity contribution in [3.8, 4) is 17.2 Å². The summed E-state index contributed by atoms with van der Waals surface area (Å²) in [6.45, 7) is 6.75. The Labute approximate surface area is 220 Å². The van der Waals surface area contributed by atoms with Gasteiger partial charge in [-0.2, -0.15) is 5.21 Å². The number of allylic oxidation sites excluding steroid dienone is 2. The molecule has 1 aliphatic heterocycles. The van der Waals surface area contributed by atoms with Gasteiger partial charge in [-0.25, -0.2) is 4.79 Å². The van der Waals surface area contributed by atoms with Gasteiger partial charge in [-0.3, -0.25) is 9.13 Å². The monoisotopic (exact) mass is 518 g/mol. The zero-order valence-electron chi connectivity index (χ0n) is 21.2. The second kappa shape index (κ2) is 10.3. The molecule has 2 N–H and O–H groups in total. The van der Waals surface area contributed by atoms with E-state index in [9.17, 15) is 4.79 Å². The van der Waals surface area contributed by atoms with Crippen LogP contribution in [0.5, 0.6) is 0 Å². The van der Waals surface area contributed by atoms with Crippen LogP contribution in [0.15, 0.2) is 72.1 Å². The van der Waals surface area contributed by atoms with Crippen LogP contribution in [0.25, 0.3) is 17.2 Å². The number of H-pyrrole nitrogens is 1. The van der Waals surface area contributed by atoms with Crippen LogP contribution in [0, 0.1) is 0 Å². The number of aryl methyl sites for hydroxylation is 1. The Bertz CT molecular complexity index is 1480. The van der Waals surface area contributed by atoms with Gasteiger partial charge < -0.3 is 9.88 Å². The van der Waals surface area contributed by atoms with Crippen molar-refractivity contribution < 1.29 is 0 Å². The van der Waals surface area contributed by atoms with Crippen LogP contribution in [-0.4, -0.2) is 34.3 Å². The van der Waals surface area contributed by atoms with E-state index in [0.717, 1.165) is 36.1 Å². The largest absolute Gasteiger partial charge is 0.368 e. The van der Waals surface area contributed by atoms with Crippen molar-refractivity contribution in [2.75, 3.05) is 0 Å². The molecule has 9 nitrogen and oxygen atoms in total. The average Bonchev–Trinajstić information content (AvgIpc) is 3.64. The lowest BCUT2D eigenvalue weighted by Gasteiger charge is -2.31. The van der Waals surface area contributed by atoms with Crippen molar-refractivity contribution in [2.24, 2.45) is 0 Å². The first-order chi connectivity index (χ1) is 17.9. The summed E-state index contributed by atoms with van der Waals surface area (Å²) in [6.07, 6.45) is 14.7. The van der Waals surface area contributed by atoms with Crippen molar-refractivity contribution in [2.45, 2.75) is 58.0 Å². The number of nitrogens with zero attached hydrogens (tertiary/aromatic N) is 6. The highest BCUT2D eigenvalue weighted by molar-refractivity contribution is 6.32. The normalized spacial score (nSPS) is 14.4. The molecule has 4 aromatic rings. The molecule has 0 fully saturated rings. The first kappa shape index (κ1) is 24.8. The molecule has 0 aliphatic carbocycles. The number of benzene rings is 1. The number of aromatic amines is 1. The minimum Gasteiger partial charge on any atom is -0.368 e. The Morgan fingerprint density at radius 1 is 1.16 bits per heavy atom. The van der Waals surface area contributed by atoms with Crippen LogP contribution in [0.1, 0.15) is 50.9 Å². The van der Waals surface area contributed by atoms with Gasteiger partial charge in [0.2, 0.25) is 5.82 Å². The lowest BCUT2D eigenvalue weighted by Crippen LogP contribution is -2.36. The number of aromatic nitrogens is 7. The molecule has 0 atom stereocenters. The minimum absolute atomic E-state index is 0.109. The Kier molecular flexibility index (Phi) is 6.88. The van der Waals surface area contributed by atoms with E-state index in [-0.39, 0.29) is 11.7 Å². The summed E-state index contributed by atoms with van der Waals surface area (Å²) in [6, 6.07) is 10.1. The Balaban J connectivity index is 1.64. The van der Waals surface area contributed by atoms with E-state index in [1.807, 2.05) is 52.1 Å². The summed E-state index contributed by atoms with van der Waals surface area (Å²) in [5, 5.41) is 18.2. The molecule has 0 bridgehead atoms. The predicted molar refractivity (Wildman–Crippen MR) is 145 cm³/mol. The summed E-state index contributed by atoms with van der Waals surface area (Å²) in [5.41, 5.74) is 2.18. The second-order valence-electron chi connectivity index (χ2n) is 9.64. The molecule has 0 amide bonds.